The lowest BCUT2D eigenvalue weighted by Gasteiger charge is -2.28. The lowest BCUT2D eigenvalue weighted by atomic mass is 10.0. The maximum Gasteiger partial charge on any atom is 0.261 e. The molecular formula is C11H16BrNOS. The second-order valence-corrected chi connectivity index (χ2v) is 6.86. The molecule has 0 saturated heterocycles. The zero-order valence-corrected chi connectivity index (χ0v) is 11.8. The van der Waals surface area contributed by atoms with Crippen molar-refractivity contribution in [3.05, 3.63) is 21.9 Å². The lowest BCUT2D eigenvalue weighted by molar-refractivity contribution is 0.0918. The Morgan fingerprint density at radius 2 is 2.13 bits per heavy atom. The molecule has 0 aliphatic heterocycles. The van der Waals surface area contributed by atoms with Gasteiger partial charge in [0.05, 0.1) is 4.88 Å². The highest BCUT2D eigenvalue weighted by Gasteiger charge is 2.26. The quantitative estimate of drug-likeness (QED) is 0.850. The van der Waals surface area contributed by atoms with Crippen LogP contribution >= 0.6 is 27.3 Å². The van der Waals surface area contributed by atoms with Crippen LogP contribution in [0.1, 0.15) is 35.3 Å². The second kappa shape index (κ2) is 4.66. The summed E-state index contributed by atoms with van der Waals surface area (Å²) in [5.41, 5.74) is -0.241. The standard InChI is InChI=1S/C11H16BrNOS/c1-7-5-6-9(15-7)10(14)13-11(3,4)8(2)12/h5-6,8H,1-4H3,(H,13,14). The van der Waals surface area contributed by atoms with Crippen LogP contribution in [-0.2, 0) is 0 Å². The van der Waals surface area contributed by atoms with E-state index in [-0.39, 0.29) is 16.3 Å². The van der Waals surface area contributed by atoms with E-state index in [1.165, 1.54) is 11.3 Å². The van der Waals surface area contributed by atoms with Gasteiger partial charge in [0.1, 0.15) is 0 Å². The maximum atomic E-state index is 11.9. The normalized spacial score (nSPS) is 13.7. The summed E-state index contributed by atoms with van der Waals surface area (Å²) >= 11 is 5.01. The van der Waals surface area contributed by atoms with Crippen LogP contribution in [0.3, 0.4) is 0 Å². The van der Waals surface area contributed by atoms with Gasteiger partial charge in [-0.05, 0) is 32.9 Å². The van der Waals surface area contributed by atoms with E-state index in [4.69, 9.17) is 0 Å². The van der Waals surface area contributed by atoms with Crippen LogP contribution in [0.5, 0.6) is 0 Å². The average Bonchev–Trinajstić information content (AvgIpc) is 2.50. The fourth-order valence-electron chi connectivity index (χ4n) is 1.01. The Morgan fingerprint density at radius 3 is 2.53 bits per heavy atom. The van der Waals surface area contributed by atoms with E-state index in [9.17, 15) is 4.79 Å². The molecule has 0 saturated carbocycles. The number of carbonyl (C=O) groups excluding carboxylic acids is 1. The predicted octanol–water partition coefficient (Wildman–Crippen LogP) is 3.35. The highest BCUT2D eigenvalue weighted by Crippen LogP contribution is 2.20. The van der Waals surface area contributed by atoms with Gasteiger partial charge in [0, 0.05) is 15.2 Å². The molecule has 0 spiro atoms. The number of halogens is 1. The summed E-state index contributed by atoms with van der Waals surface area (Å²) in [5, 5.41) is 3.01. The third-order valence-corrected chi connectivity index (χ3v) is 4.54. The molecule has 1 amide bonds. The second-order valence-electron chi connectivity index (χ2n) is 4.20. The Balaban J connectivity index is 2.72. The Morgan fingerprint density at radius 1 is 1.53 bits per heavy atom. The first-order chi connectivity index (χ1) is 6.83. The molecule has 1 heterocycles. The molecule has 0 aliphatic carbocycles. The molecule has 1 rings (SSSR count). The highest BCUT2D eigenvalue weighted by molar-refractivity contribution is 9.09. The predicted molar refractivity (Wildman–Crippen MR) is 69.0 cm³/mol. The molecule has 15 heavy (non-hydrogen) atoms. The highest BCUT2D eigenvalue weighted by atomic mass is 79.9. The first-order valence-electron chi connectivity index (χ1n) is 4.86. The molecule has 1 aromatic rings. The van der Waals surface area contributed by atoms with Gasteiger partial charge in [0.2, 0.25) is 0 Å². The molecular weight excluding hydrogens is 274 g/mol. The summed E-state index contributed by atoms with van der Waals surface area (Å²) in [6, 6.07) is 3.83. The molecule has 2 nitrogen and oxygen atoms in total. The van der Waals surface area contributed by atoms with Crippen molar-refractivity contribution < 1.29 is 4.79 Å². The van der Waals surface area contributed by atoms with Crippen LogP contribution in [0.15, 0.2) is 12.1 Å². The number of aryl methyl sites for hydroxylation is 1. The van der Waals surface area contributed by atoms with Gasteiger partial charge < -0.3 is 5.32 Å². The van der Waals surface area contributed by atoms with Crippen LogP contribution in [0.4, 0.5) is 0 Å². The van der Waals surface area contributed by atoms with Crippen LogP contribution in [-0.4, -0.2) is 16.3 Å². The first kappa shape index (κ1) is 12.7. The molecule has 1 unspecified atom stereocenters. The van der Waals surface area contributed by atoms with E-state index in [0.717, 1.165) is 9.75 Å². The Kier molecular flexibility index (Phi) is 3.95. The van der Waals surface area contributed by atoms with Gasteiger partial charge in [0.25, 0.3) is 5.91 Å². The van der Waals surface area contributed by atoms with Gasteiger partial charge in [-0.25, -0.2) is 0 Å². The largest absolute Gasteiger partial charge is 0.345 e. The van der Waals surface area contributed by atoms with E-state index in [1.807, 2.05) is 39.8 Å². The number of thiophene rings is 1. The lowest BCUT2D eigenvalue weighted by Crippen LogP contribution is -2.48. The number of alkyl halides is 1. The third kappa shape index (κ3) is 3.31. The minimum absolute atomic E-state index is 0.00407. The van der Waals surface area contributed by atoms with E-state index in [1.54, 1.807) is 0 Å². The number of rotatable bonds is 3. The van der Waals surface area contributed by atoms with E-state index < -0.39 is 0 Å². The smallest absolute Gasteiger partial charge is 0.261 e. The van der Waals surface area contributed by atoms with Crippen LogP contribution < -0.4 is 5.32 Å². The molecule has 0 aromatic carbocycles. The van der Waals surface area contributed by atoms with Gasteiger partial charge in [0.15, 0.2) is 0 Å². The fraction of sp³-hybridized carbons (Fsp3) is 0.545. The summed E-state index contributed by atoms with van der Waals surface area (Å²) in [6.45, 7) is 8.04. The topological polar surface area (TPSA) is 29.1 Å². The fourth-order valence-corrected chi connectivity index (χ4v) is 1.89. The minimum atomic E-state index is -0.241. The summed E-state index contributed by atoms with van der Waals surface area (Å²) < 4.78 is 0. The SMILES string of the molecule is Cc1ccc(C(=O)NC(C)(C)C(C)Br)s1. The maximum absolute atomic E-state index is 11.9. The molecule has 1 atom stereocenters. The molecule has 1 aromatic heterocycles. The van der Waals surface area contributed by atoms with E-state index in [2.05, 4.69) is 21.2 Å². The number of hydrogen-bond donors (Lipinski definition) is 1. The average molecular weight is 290 g/mol. The van der Waals surface area contributed by atoms with Crippen molar-refractivity contribution in [2.75, 3.05) is 0 Å². The van der Waals surface area contributed by atoms with Gasteiger partial charge in [-0.1, -0.05) is 22.9 Å². The molecule has 0 radical (unpaired) electrons. The molecule has 4 heteroatoms. The summed E-state index contributed by atoms with van der Waals surface area (Å²) in [6.07, 6.45) is 0. The minimum Gasteiger partial charge on any atom is -0.345 e. The van der Waals surface area contributed by atoms with Crippen molar-refractivity contribution in [3.8, 4) is 0 Å². The van der Waals surface area contributed by atoms with Crippen molar-refractivity contribution in [2.24, 2.45) is 0 Å². The van der Waals surface area contributed by atoms with Crippen LogP contribution in [0, 0.1) is 6.92 Å². The van der Waals surface area contributed by atoms with Crippen molar-refractivity contribution >= 4 is 33.2 Å². The van der Waals surface area contributed by atoms with Crippen LogP contribution in [0.2, 0.25) is 0 Å². The number of carbonyl (C=O) groups is 1. The summed E-state index contributed by atoms with van der Waals surface area (Å²) in [4.78, 5) is 14.0. The van der Waals surface area contributed by atoms with Gasteiger partial charge in [-0.15, -0.1) is 11.3 Å². The van der Waals surface area contributed by atoms with Gasteiger partial charge >= 0.3 is 0 Å². The summed E-state index contributed by atoms with van der Waals surface area (Å²) in [5.74, 6) is 0.00407. The van der Waals surface area contributed by atoms with Crippen LogP contribution in [0.25, 0.3) is 0 Å². The van der Waals surface area contributed by atoms with E-state index >= 15 is 0 Å². The van der Waals surface area contributed by atoms with Crippen molar-refractivity contribution in [1.82, 2.24) is 5.32 Å². The number of nitrogens with one attached hydrogen (secondary N) is 1. The molecule has 84 valence electrons. The molecule has 0 aliphatic rings. The van der Waals surface area contributed by atoms with Gasteiger partial charge in [-0.2, -0.15) is 0 Å². The molecule has 0 fully saturated rings. The zero-order chi connectivity index (χ0) is 11.6. The Hall–Kier alpha value is -0.350. The zero-order valence-electron chi connectivity index (χ0n) is 9.43. The Bertz CT molecular complexity index is 357. The van der Waals surface area contributed by atoms with Crippen molar-refractivity contribution in [2.45, 2.75) is 38.1 Å². The monoisotopic (exact) mass is 289 g/mol. The molecule has 1 N–H and O–H groups in total. The summed E-state index contributed by atoms with van der Waals surface area (Å²) in [7, 11) is 0. The van der Waals surface area contributed by atoms with Gasteiger partial charge in [-0.3, -0.25) is 4.79 Å². The third-order valence-electron chi connectivity index (χ3n) is 2.39. The molecule has 0 bridgehead atoms. The Labute approximate surface area is 103 Å². The van der Waals surface area contributed by atoms with Crippen molar-refractivity contribution in [3.63, 3.8) is 0 Å². The first-order valence-corrected chi connectivity index (χ1v) is 6.59. The number of amides is 1. The van der Waals surface area contributed by atoms with Crippen molar-refractivity contribution in [1.29, 1.82) is 0 Å². The van der Waals surface area contributed by atoms with E-state index in [0.29, 0.717) is 0 Å². The number of hydrogen-bond acceptors (Lipinski definition) is 2.